The Morgan fingerprint density at radius 2 is 2.08 bits per heavy atom. The number of ether oxygens (including phenoxy) is 1. The minimum atomic E-state index is -0.372. The van der Waals surface area contributed by atoms with Crippen molar-refractivity contribution >= 4 is 52.5 Å². The van der Waals surface area contributed by atoms with Gasteiger partial charge < -0.3 is 14.6 Å². The summed E-state index contributed by atoms with van der Waals surface area (Å²) in [6, 6.07) is 5.00. The topological polar surface area (TPSA) is 86.1 Å². The van der Waals surface area contributed by atoms with Crippen LogP contribution in [0.4, 0.5) is 5.69 Å². The highest BCUT2D eigenvalue weighted by Gasteiger charge is 2.15. The normalized spacial score (nSPS) is 10.6. The number of halogens is 2. The first kappa shape index (κ1) is 19.6. The molecule has 0 radical (unpaired) electrons. The van der Waals surface area contributed by atoms with E-state index >= 15 is 0 Å². The van der Waals surface area contributed by atoms with Crippen LogP contribution in [0.2, 0.25) is 10.0 Å². The summed E-state index contributed by atoms with van der Waals surface area (Å²) < 4.78 is 6.54. The van der Waals surface area contributed by atoms with Gasteiger partial charge in [-0.05, 0) is 19.1 Å². The highest BCUT2D eigenvalue weighted by molar-refractivity contribution is 7.99. The number of hydrogen-bond donors (Lipinski definition) is 1. The third kappa shape index (κ3) is 5.35. The van der Waals surface area contributed by atoms with E-state index in [2.05, 4.69) is 15.5 Å². The third-order valence-corrected chi connectivity index (χ3v) is 4.93. The Morgan fingerprint density at radius 3 is 2.80 bits per heavy atom. The molecule has 2 rings (SSSR count). The predicted octanol–water partition coefficient (Wildman–Crippen LogP) is 2.96. The van der Waals surface area contributed by atoms with E-state index in [0.717, 1.165) is 0 Å². The van der Waals surface area contributed by atoms with Gasteiger partial charge in [0.1, 0.15) is 12.2 Å². The van der Waals surface area contributed by atoms with E-state index in [1.54, 1.807) is 36.7 Å². The van der Waals surface area contributed by atoms with Crippen molar-refractivity contribution in [1.29, 1.82) is 0 Å². The summed E-state index contributed by atoms with van der Waals surface area (Å²) >= 11 is 13.1. The molecule has 0 bridgehead atoms. The second-order valence-corrected chi connectivity index (χ2v) is 6.61. The van der Waals surface area contributed by atoms with Crippen LogP contribution in [-0.2, 0) is 27.8 Å². The fraction of sp³-hybridized carbons (Fsp3) is 0.333. The molecule has 1 aromatic carbocycles. The Hall–Kier alpha value is -1.77. The first-order valence-corrected chi connectivity index (χ1v) is 9.07. The van der Waals surface area contributed by atoms with E-state index < -0.39 is 0 Å². The minimum Gasteiger partial charge on any atom is -0.466 e. The Labute approximate surface area is 159 Å². The molecule has 0 fully saturated rings. The monoisotopic (exact) mass is 402 g/mol. The van der Waals surface area contributed by atoms with Crippen LogP contribution < -0.4 is 5.32 Å². The second-order valence-electron chi connectivity index (χ2n) is 4.88. The van der Waals surface area contributed by atoms with E-state index in [9.17, 15) is 9.59 Å². The highest BCUT2D eigenvalue weighted by Crippen LogP contribution is 2.29. The highest BCUT2D eigenvalue weighted by atomic mass is 35.5. The maximum absolute atomic E-state index is 12.1. The number of carbonyl (C=O) groups excluding carboxylic acids is 2. The van der Waals surface area contributed by atoms with Gasteiger partial charge in [0, 0.05) is 7.05 Å². The van der Waals surface area contributed by atoms with E-state index in [1.165, 1.54) is 11.8 Å². The number of esters is 1. The number of benzene rings is 1. The maximum atomic E-state index is 12.1. The van der Waals surface area contributed by atoms with E-state index in [-0.39, 0.29) is 29.1 Å². The molecule has 25 heavy (non-hydrogen) atoms. The van der Waals surface area contributed by atoms with Crippen LogP contribution in [-0.4, -0.2) is 39.0 Å². The van der Waals surface area contributed by atoms with Gasteiger partial charge in [-0.1, -0.05) is 41.0 Å². The first-order chi connectivity index (χ1) is 11.9. The third-order valence-electron chi connectivity index (χ3n) is 3.09. The van der Waals surface area contributed by atoms with E-state index in [4.69, 9.17) is 27.9 Å². The minimum absolute atomic E-state index is 0.0300. The quantitative estimate of drug-likeness (QED) is 0.565. The first-order valence-electron chi connectivity index (χ1n) is 7.33. The summed E-state index contributed by atoms with van der Waals surface area (Å²) in [5.41, 5.74) is 0.445. The van der Waals surface area contributed by atoms with Crippen LogP contribution in [0, 0.1) is 0 Å². The Balaban J connectivity index is 1.93. The van der Waals surface area contributed by atoms with Crippen LogP contribution in [0.5, 0.6) is 0 Å². The lowest BCUT2D eigenvalue weighted by Gasteiger charge is -2.08. The lowest BCUT2D eigenvalue weighted by atomic mass is 10.3. The zero-order valence-electron chi connectivity index (χ0n) is 13.6. The van der Waals surface area contributed by atoms with Crippen molar-refractivity contribution in [3.63, 3.8) is 0 Å². The molecular weight excluding hydrogens is 387 g/mol. The van der Waals surface area contributed by atoms with Gasteiger partial charge in [-0.25, -0.2) is 0 Å². The molecule has 1 N–H and O–H groups in total. The number of aromatic nitrogens is 3. The molecule has 10 heteroatoms. The van der Waals surface area contributed by atoms with Crippen LogP contribution in [0.1, 0.15) is 12.7 Å². The Bertz CT molecular complexity index is 782. The summed E-state index contributed by atoms with van der Waals surface area (Å²) in [5.74, 6) is -0.0555. The molecule has 1 heterocycles. The van der Waals surface area contributed by atoms with Crippen molar-refractivity contribution in [2.24, 2.45) is 7.05 Å². The summed E-state index contributed by atoms with van der Waals surface area (Å²) in [4.78, 5) is 23.6. The zero-order chi connectivity index (χ0) is 18.4. The van der Waals surface area contributed by atoms with Gasteiger partial charge in [0.2, 0.25) is 5.91 Å². The van der Waals surface area contributed by atoms with Crippen LogP contribution in [0.25, 0.3) is 0 Å². The lowest BCUT2D eigenvalue weighted by Crippen LogP contribution is -2.15. The SMILES string of the molecule is CCOC(=O)Cc1nnc(SCC(=O)Nc2cccc(Cl)c2Cl)n1C. The number of rotatable bonds is 7. The number of amides is 1. The van der Waals surface area contributed by atoms with Gasteiger partial charge in [-0.15, -0.1) is 10.2 Å². The van der Waals surface area contributed by atoms with Crippen LogP contribution in [0.3, 0.4) is 0 Å². The fourth-order valence-electron chi connectivity index (χ4n) is 1.88. The van der Waals surface area contributed by atoms with E-state index in [1.807, 2.05) is 0 Å². The number of nitrogens with one attached hydrogen (secondary N) is 1. The number of anilines is 1. The fourth-order valence-corrected chi connectivity index (χ4v) is 2.96. The smallest absolute Gasteiger partial charge is 0.313 e. The van der Waals surface area contributed by atoms with E-state index in [0.29, 0.717) is 28.3 Å². The predicted molar refractivity (Wildman–Crippen MR) is 97.2 cm³/mol. The average molecular weight is 403 g/mol. The van der Waals surface area contributed by atoms with Crippen molar-refractivity contribution in [1.82, 2.24) is 14.8 Å². The Morgan fingerprint density at radius 1 is 1.32 bits per heavy atom. The van der Waals surface area contributed by atoms with Gasteiger partial charge in [-0.2, -0.15) is 0 Å². The zero-order valence-corrected chi connectivity index (χ0v) is 15.9. The van der Waals surface area contributed by atoms with Gasteiger partial charge in [0.05, 0.1) is 28.1 Å². The summed E-state index contributed by atoms with van der Waals surface area (Å²) in [6.07, 6.45) is 0.0300. The molecule has 1 aromatic heterocycles. The van der Waals surface area contributed by atoms with Gasteiger partial charge in [0.15, 0.2) is 5.16 Å². The molecule has 0 aliphatic carbocycles. The molecule has 2 aromatic rings. The molecule has 0 saturated heterocycles. The molecule has 0 aliphatic heterocycles. The van der Waals surface area contributed by atoms with Crippen molar-refractivity contribution in [3.8, 4) is 0 Å². The average Bonchev–Trinajstić information content (AvgIpc) is 2.90. The number of thioether (sulfide) groups is 1. The molecule has 0 aliphatic rings. The molecule has 0 unspecified atom stereocenters. The van der Waals surface area contributed by atoms with Gasteiger partial charge >= 0.3 is 5.97 Å². The molecule has 134 valence electrons. The summed E-state index contributed by atoms with van der Waals surface area (Å²) in [6.45, 7) is 2.05. The van der Waals surface area contributed by atoms with Gasteiger partial charge in [0.25, 0.3) is 0 Å². The number of carbonyl (C=O) groups is 2. The van der Waals surface area contributed by atoms with Crippen LogP contribution in [0.15, 0.2) is 23.4 Å². The van der Waals surface area contributed by atoms with Crippen molar-refractivity contribution < 1.29 is 14.3 Å². The van der Waals surface area contributed by atoms with Crippen LogP contribution >= 0.6 is 35.0 Å². The molecule has 0 spiro atoms. The molecule has 1 amide bonds. The second kappa shape index (κ2) is 9.07. The standard InChI is InChI=1S/C15H16Cl2N4O3S/c1-3-24-13(23)7-11-19-20-15(21(11)2)25-8-12(22)18-10-6-4-5-9(16)14(10)17/h4-6H,3,7-8H2,1-2H3,(H,18,22). The maximum Gasteiger partial charge on any atom is 0.313 e. The summed E-state index contributed by atoms with van der Waals surface area (Å²) in [7, 11) is 1.72. The largest absolute Gasteiger partial charge is 0.466 e. The lowest BCUT2D eigenvalue weighted by molar-refractivity contribution is -0.142. The van der Waals surface area contributed by atoms with Gasteiger partial charge in [-0.3, -0.25) is 9.59 Å². The summed E-state index contributed by atoms with van der Waals surface area (Å²) in [5, 5.41) is 11.8. The molecule has 0 atom stereocenters. The van der Waals surface area contributed by atoms with Crippen molar-refractivity contribution in [2.45, 2.75) is 18.5 Å². The number of hydrogen-bond acceptors (Lipinski definition) is 6. The molecule has 7 nitrogen and oxygen atoms in total. The van der Waals surface area contributed by atoms with Crippen molar-refractivity contribution in [3.05, 3.63) is 34.1 Å². The Kier molecular flexibility index (Phi) is 7.10. The number of nitrogens with zero attached hydrogens (tertiary/aromatic N) is 3. The van der Waals surface area contributed by atoms with Crippen molar-refractivity contribution in [2.75, 3.05) is 17.7 Å². The molecular formula is C15H16Cl2N4O3S. The molecule has 0 saturated carbocycles.